The summed E-state index contributed by atoms with van der Waals surface area (Å²) in [6.07, 6.45) is 1.65. The fourth-order valence-electron chi connectivity index (χ4n) is 1.91. The number of nitrogens with zero attached hydrogens (tertiary/aromatic N) is 5. The maximum Gasteiger partial charge on any atom is 0.356 e. The maximum atomic E-state index is 11.2. The van der Waals surface area contributed by atoms with Gasteiger partial charge in [-0.15, -0.1) is 10.2 Å². The number of aryl methyl sites for hydroxylation is 1. The molecule has 110 valence electrons. The van der Waals surface area contributed by atoms with Gasteiger partial charge < -0.3 is 5.11 Å². The molecule has 0 atom stereocenters. The topological polar surface area (TPSA) is 93.8 Å². The highest BCUT2D eigenvalue weighted by Crippen LogP contribution is 2.23. The van der Waals surface area contributed by atoms with Gasteiger partial charge in [0.05, 0.1) is 5.69 Å². The monoisotopic (exact) mass is 315 g/mol. The molecule has 0 amide bonds. The molecular weight excluding hydrogens is 306 g/mol. The second-order valence-corrected chi connectivity index (χ2v) is 4.92. The minimum absolute atomic E-state index is 0.0904. The molecule has 3 aromatic rings. The zero-order chi connectivity index (χ0) is 15.7. The molecule has 0 saturated carbocycles. The Hall–Kier alpha value is -2.80. The van der Waals surface area contributed by atoms with E-state index in [1.54, 1.807) is 18.3 Å². The zero-order valence-corrected chi connectivity index (χ0v) is 12.2. The van der Waals surface area contributed by atoms with E-state index in [2.05, 4.69) is 20.3 Å². The van der Waals surface area contributed by atoms with Crippen LogP contribution in [0.1, 0.15) is 16.2 Å². The Morgan fingerprint density at radius 1 is 1.23 bits per heavy atom. The van der Waals surface area contributed by atoms with E-state index in [0.717, 1.165) is 11.3 Å². The van der Waals surface area contributed by atoms with E-state index in [1.807, 2.05) is 19.1 Å². The fourth-order valence-corrected chi connectivity index (χ4v) is 2.01. The number of hydrogen-bond donors (Lipinski definition) is 1. The normalized spacial score (nSPS) is 10.6. The van der Waals surface area contributed by atoms with E-state index in [0.29, 0.717) is 11.5 Å². The van der Waals surface area contributed by atoms with Crippen molar-refractivity contribution in [3.8, 4) is 17.1 Å². The van der Waals surface area contributed by atoms with Crippen molar-refractivity contribution in [1.29, 1.82) is 0 Å². The summed E-state index contributed by atoms with van der Waals surface area (Å²) in [5.41, 5.74) is 2.05. The van der Waals surface area contributed by atoms with Crippen LogP contribution in [0.25, 0.3) is 17.1 Å². The highest BCUT2D eigenvalue weighted by molar-refractivity contribution is 6.29. The number of carboxylic acids is 1. The molecule has 0 aliphatic carbocycles. The lowest BCUT2D eigenvalue weighted by Gasteiger charge is -2.05. The molecule has 0 aromatic carbocycles. The Morgan fingerprint density at radius 2 is 2.05 bits per heavy atom. The summed E-state index contributed by atoms with van der Waals surface area (Å²) in [5, 5.41) is 21.1. The Kier molecular flexibility index (Phi) is 3.56. The highest BCUT2D eigenvalue weighted by atomic mass is 35.5. The lowest BCUT2D eigenvalue weighted by molar-refractivity contribution is 0.0690. The van der Waals surface area contributed by atoms with Crippen molar-refractivity contribution in [2.45, 2.75) is 6.92 Å². The van der Waals surface area contributed by atoms with Crippen molar-refractivity contribution < 1.29 is 9.90 Å². The van der Waals surface area contributed by atoms with Crippen molar-refractivity contribution in [3.63, 3.8) is 0 Å². The fraction of sp³-hybridized carbons (Fsp3) is 0.0714. The highest BCUT2D eigenvalue weighted by Gasteiger charge is 2.17. The summed E-state index contributed by atoms with van der Waals surface area (Å²) < 4.78 is 1.40. The molecule has 0 unspecified atom stereocenters. The van der Waals surface area contributed by atoms with Crippen molar-refractivity contribution in [1.82, 2.24) is 25.0 Å². The first-order chi connectivity index (χ1) is 10.5. The number of carbonyl (C=O) groups is 1. The van der Waals surface area contributed by atoms with Crippen LogP contribution in [0.15, 0.2) is 36.5 Å². The number of aromatic nitrogens is 5. The summed E-state index contributed by atoms with van der Waals surface area (Å²) in [6.45, 7) is 1.87. The number of rotatable bonds is 3. The minimum atomic E-state index is -1.12. The largest absolute Gasteiger partial charge is 0.476 e. The predicted molar refractivity (Wildman–Crippen MR) is 79.1 cm³/mol. The van der Waals surface area contributed by atoms with Crippen LogP contribution in [-0.4, -0.2) is 36.0 Å². The van der Waals surface area contributed by atoms with E-state index in [9.17, 15) is 4.79 Å². The van der Waals surface area contributed by atoms with E-state index < -0.39 is 5.97 Å². The molecule has 0 aliphatic heterocycles. The quantitative estimate of drug-likeness (QED) is 0.797. The minimum Gasteiger partial charge on any atom is -0.476 e. The van der Waals surface area contributed by atoms with E-state index in [4.69, 9.17) is 16.7 Å². The first kappa shape index (κ1) is 14.2. The smallest absolute Gasteiger partial charge is 0.356 e. The molecule has 0 spiro atoms. The Labute approximate surface area is 130 Å². The van der Waals surface area contributed by atoms with Crippen molar-refractivity contribution in [3.05, 3.63) is 53.1 Å². The zero-order valence-electron chi connectivity index (χ0n) is 11.4. The molecule has 3 heterocycles. The molecule has 0 bridgehead atoms. The average molecular weight is 316 g/mol. The Bertz CT molecular complexity index is 764. The van der Waals surface area contributed by atoms with Gasteiger partial charge in [-0.1, -0.05) is 11.6 Å². The van der Waals surface area contributed by atoms with Crippen LogP contribution in [0.4, 0.5) is 0 Å². The van der Waals surface area contributed by atoms with Crippen LogP contribution in [0, 0.1) is 6.92 Å². The van der Waals surface area contributed by atoms with Crippen LogP contribution < -0.4 is 0 Å². The number of halogens is 1. The van der Waals surface area contributed by atoms with Gasteiger partial charge in [-0.25, -0.2) is 9.48 Å². The average Bonchev–Trinajstić information content (AvgIpc) is 2.94. The summed E-state index contributed by atoms with van der Waals surface area (Å²) in [7, 11) is 0. The second-order valence-electron chi connectivity index (χ2n) is 4.53. The Balaban J connectivity index is 2.17. The number of aromatic carboxylic acids is 1. The standard InChI is InChI=1S/C14H10ClN5O2/c1-8-2-3-9(7-16-8)11-6-10(14(21)22)19-20(11)13-5-4-12(15)17-18-13/h2-7H,1H3,(H,21,22). The SMILES string of the molecule is Cc1ccc(-c2cc(C(=O)O)nn2-c2ccc(Cl)nn2)cn1. The van der Waals surface area contributed by atoms with E-state index >= 15 is 0 Å². The van der Waals surface area contributed by atoms with Gasteiger partial charge in [-0.3, -0.25) is 4.98 Å². The van der Waals surface area contributed by atoms with Gasteiger partial charge in [-0.05, 0) is 37.3 Å². The lowest BCUT2D eigenvalue weighted by Crippen LogP contribution is -2.05. The number of hydrogen-bond acceptors (Lipinski definition) is 5. The van der Waals surface area contributed by atoms with Crippen LogP contribution in [0.5, 0.6) is 0 Å². The van der Waals surface area contributed by atoms with Gasteiger partial charge in [0.2, 0.25) is 0 Å². The molecule has 0 aliphatic rings. The number of pyridine rings is 1. The third-order valence-electron chi connectivity index (χ3n) is 2.97. The predicted octanol–water partition coefficient (Wildman–Crippen LogP) is 2.38. The van der Waals surface area contributed by atoms with Gasteiger partial charge >= 0.3 is 5.97 Å². The summed E-state index contributed by atoms with van der Waals surface area (Å²) in [6, 6.07) is 8.30. The first-order valence-corrected chi connectivity index (χ1v) is 6.68. The molecule has 22 heavy (non-hydrogen) atoms. The Morgan fingerprint density at radius 3 is 2.64 bits per heavy atom. The maximum absolute atomic E-state index is 11.2. The molecule has 3 rings (SSSR count). The van der Waals surface area contributed by atoms with Gasteiger partial charge in [0, 0.05) is 17.5 Å². The van der Waals surface area contributed by atoms with Gasteiger partial charge in [0.25, 0.3) is 0 Å². The van der Waals surface area contributed by atoms with Gasteiger partial charge in [0.15, 0.2) is 16.7 Å². The molecule has 0 radical (unpaired) electrons. The summed E-state index contributed by atoms with van der Waals surface area (Å²) >= 11 is 5.72. The lowest BCUT2D eigenvalue weighted by atomic mass is 10.2. The van der Waals surface area contributed by atoms with Crippen LogP contribution >= 0.6 is 11.6 Å². The van der Waals surface area contributed by atoms with Crippen LogP contribution in [0.2, 0.25) is 5.15 Å². The second kappa shape index (κ2) is 5.53. The summed E-state index contributed by atoms with van der Waals surface area (Å²) in [5.74, 6) is -0.755. The molecule has 1 N–H and O–H groups in total. The molecule has 3 aromatic heterocycles. The van der Waals surface area contributed by atoms with Gasteiger partial charge in [0.1, 0.15) is 0 Å². The van der Waals surface area contributed by atoms with Crippen LogP contribution in [0.3, 0.4) is 0 Å². The molecule has 0 saturated heterocycles. The molecular formula is C14H10ClN5O2. The third kappa shape index (κ3) is 2.66. The van der Waals surface area contributed by atoms with Gasteiger partial charge in [-0.2, -0.15) is 5.10 Å². The van der Waals surface area contributed by atoms with Crippen LogP contribution in [-0.2, 0) is 0 Å². The third-order valence-corrected chi connectivity index (χ3v) is 3.17. The molecule has 7 nitrogen and oxygen atoms in total. The van der Waals surface area contributed by atoms with E-state index in [1.165, 1.54) is 10.7 Å². The van der Waals surface area contributed by atoms with E-state index in [-0.39, 0.29) is 10.8 Å². The van der Waals surface area contributed by atoms with Crippen molar-refractivity contribution >= 4 is 17.6 Å². The molecule has 8 heteroatoms. The molecule has 0 fully saturated rings. The number of carboxylic acid groups (broad SMARTS) is 1. The summed E-state index contributed by atoms with van der Waals surface area (Å²) in [4.78, 5) is 15.4. The first-order valence-electron chi connectivity index (χ1n) is 6.30. The van der Waals surface area contributed by atoms with Crippen molar-refractivity contribution in [2.75, 3.05) is 0 Å². The van der Waals surface area contributed by atoms with Crippen molar-refractivity contribution in [2.24, 2.45) is 0 Å².